The van der Waals surface area contributed by atoms with Crippen LogP contribution in [0.15, 0.2) is 187 Å². The average molecular weight is 1120 g/mol. The molecule has 0 aliphatic carbocycles. The number of nitrogens with two attached hydrogens (primary N) is 1. The number of fused-ring (bicyclic) bond motifs is 1. The molecule has 430 valence electrons. The Hall–Kier alpha value is -8.50. The van der Waals surface area contributed by atoms with Crippen molar-refractivity contribution in [3.05, 3.63) is 215 Å². The zero-order chi connectivity index (χ0) is 57.5. The van der Waals surface area contributed by atoms with Crippen LogP contribution < -0.4 is 21.7 Å². The van der Waals surface area contributed by atoms with Crippen LogP contribution in [-0.4, -0.2) is 111 Å². The number of benzene rings is 6. The predicted molar refractivity (Wildman–Crippen MR) is 298 cm³/mol. The van der Waals surface area contributed by atoms with Gasteiger partial charge in [0, 0.05) is 7.11 Å². The summed E-state index contributed by atoms with van der Waals surface area (Å²) in [7, 11) is 2.55. The molecular formula is C62H67N5O15. The zero-order valence-corrected chi connectivity index (χ0v) is 45.5. The molecule has 0 saturated carbocycles. The SMILES string of the molecule is COC(=O)[C@@H](NC(=O)[C@H](CCC(N=C(N)NC(=O)OCc1ccccc1)C(=O)OCc1ccccc1)NC(=O)OCc1ccccc1)[C@H]1O[C@H](OC)[C@@H]2OC[C@H](OCc3ccccc3)[C@]2(OCc2ccccc2)[C@@H]1OCc1ccccc1. The Morgan fingerprint density at radius 3 is 1.54 bits per heavy atom. The number of nitrogens with zero attached hydrogens (tertiary/aromatic N) is 1. The van der Waals surface area contributed by atoms with Crippen molar-refractivity contribution in [2.75, 3.05) is 20.8 Å². The first-order valence-electron chi connectivity index (χ1n) is 26.7. The first-order valence-corrected chi connectivity index (χ1v) is 26.7. The van der Waals surface area contributed by atoms with Crippen LogP contribution in [0.1, 0.15) is 46.2 Å². The number of esters is 2. The van der Waals surface area contributed by atoms with Crippen LogP contribution in [-0.2, 0) is 101 Å². The highest BCUT2D eigenvalue weighted by atomic mass is 16.7. The third-order valence-corrected chi connectivity index (χ3v) is 13.7. The highest BCUT2D eigenvalue weighted by Crippen LogP contribution is 2.47. The summed E-state index contributed by atoms with van der Waals surface area (Å²) in [6.07, 6.45) is -8.68. The number of ether oxygens (including phenoxy) is 10. The molecule has 2 aliphatic heterocycles. The van der Waals surface area contributed by atoms with E-state index >= 15 is 4.79 Å². The number of guanidine groups is 1. The van der Waals surface area contributed by atoms with E-state index in [0.29, 0.717) is 16.7 Å². The van der Waals surface area contributed by atoms with E-state index in [9.17, 15) is 19.2 Å². The second-order valence-electron chi connectivity index (χ2n) is 19.2. The van der Waals surface area contributed by atoms with Gasteiger partial charge in [0.2, 0.25) is 5.91 Å². The molecule has 3 amide bonds. The van der Waals surface area contributed by atoms with E-state index in [4.69, 9.17) is 53.1 Å². The Bertz CT molecular complexity index is 2990. The van der Waals surface area contributed by atoms with E-state index in [-0.39, 0.29) is 59.1 Å². The minimum atomic E-state index is -1.74. The number of carbonyl (C=O) groups is 5. The van der Waals surface area contributed by atoms with Crippen molar-refractivity contribution in [3.8, 4) is 0 Å². The van der Waals surface area contributed by atoms with Crippen molar-refractivity contribution >= 4 is 36.0 Å². The van der Waals surface area contributed by atoms with Gasteiger partial charge < -0.3 is 63.7 Å². The van der Waals surface area contributed by atoms with Gasteiger partial charge >= 0.3 is 24.1 Å². The van der Waals surface area contributed by atoms with E-state index in [0.717, 1.165) is 23.8 Å². The van der Waals surface area contributed by atoms with E-state index in [2.05, 4.69) is 20.9 Å². The van der Waals surface area contributed by atoms with Crippen molar-refractivity contribution in [1.29, 1.82) is 0 Å². The molecule has 6 aromatic carbocycles. The van der Waals surface area contributed by atoms with E-state index in [1.807, 2.05) is 97.1 Å². The molecule has 20 heteroatoms. The molecule has 82 heavy (non-hydrogen) atoms. The molecule has 5 N–H and O–H groups in total. The lowest BCUT2D eigenvalue weighted by molar-refractivity contribution is -0.343. The monoisotopic (exact) mass is 1120 g/mol. The molecule has 2 fully saturated rings. The maximum Gasteiger partial charge on any atom is 0.414 e. The fourth-order valence-electron chi connectivity index (χ4n) is 9.51. The smallest absolute Gasteiger partial charge is 0.414 e. The third-order valence-electron chi connectivity index (χ3n) is 13.7. The first kappa shape index (κ1) is 59.6. The number of hydrogen-bond acceptors (Lipinski definition) is 16. The molecule has 0 aromatic heterocycles. The molecule has 8 rings (SSSR count). The normalized spacial score (nSPS) is 20.4. The van der Waals surface area contributed by atoms with Crippen LogP contribution in [0.25, 0.3) is 0 Å². The Balaban J connectivity index is 1.13. The van der Waals surface area contributed by atoms with Gasteiger partial charge in [0.05, 0.1) is 33.5 Å². The van der Waals surface area contributed by atoms with Crippen LogP contribution >= 0.6 is 0 Å². The maximum absolute atomic E-state index is 15.2. The van der Waals surface area contributed by atoms with Crippen molar-refractivity contribution in [1.82, 2.24) is 16.0 Å². The van der Waals surface area contributed by atoms with Crippen LogP contribution in [0.5, 0.6) is 0 Å². The number of methoxy groups -OCH3 is 2. The minimum absolute atomic E-state index is 0.0128. The summed E-state index contributed by atoms with van der Waals surface area (Å²) < 4.78 is 62.1. The summed E-state index contributed by atoms with van der Waals surface area (Å²) in [5.41, 5.74) is 9.02. The summed E-state index contributed by atoms with van der Waals surface area (Å²) in [5.74, 6) is -3.33. The lowest BCUT2D eigenvalue weighted by Crippen LogP contribution is -2.74. The summed E-state index contributed by atoms with van der Waals surface area (Å²) in [5, 5.41) is 7.74. The van der Waals surface area contributed by atoms with Gasteiger partial charge in [-0.2, -0.15) is 0 Å². The molecule has 0 radical (unpaired) electrons. The lowest BCUT2D eigenvalue weighted by Gasteiger charge is -2.52. The van der Waals surface area contributed by atoms with Crippen LogP contribution in [0.4, 0.5) is 9.59 Å². The van der Waals surface area contributed by atoms with Gasteiger partial charge in [-0.25, -0.2) is 24.2 Å². The zero-order valence-electron chi connectivity index (χ0n) is 45.5. The molecule has 2 aliphatic rings. The summed E-state index contributed by atoms with van der Waals surface area (Å²) in [6.45, 7) is -0.349. The van der Waals surface area contributed by atoms with E-state index in [1.54, 1.807) is 84.9 Å². The van der Waals surface area contributed by atoms with Crippen LogP contribution in [0, 0.1) is 0 Å². The number of hydrogen-bond donors (Lipinski definition) is 4. The number of amides is 3. The number of rotatable bonds is 26. The fourth-order valence-corrected chi connectivity index (χ4v) is 9.51. The topological polar surface area (TPSA) is 252 Å². The molecule has 9 atom stereocenters. The minimum Gasteiger partial charge on any atom is -0.467 e. The standard InChI is InChI=1S/C62H67N5O15/c1-73-57(70)51(52-53(76-36-43-23-11-4-12-24-43)62(81-40-47-31-19-8-20-32-47)50(41-77-54(62)58(74-2)82-52)75-35-42-21-9-3-10-22-42)66-55(68)48(65-60(71)79-38-45-27-15-6-16-28-45)33-34-49(56(69)78-37-44-25-13-5-14-26-44)64-59(63)67-61(72)80-39-46-29-17-7-18-30-46/h3-32,48-54,58H,33-41H2,1-2H3,(H,65,71)(H,66,68)(H3,63,64,67,72)/t48-,49?,50-,51-,52+,53+,54-,58-,62-/m0/s1. The van der Waals surface area contributed by atoms with Gasteiger partial charge in [0.1, 0.15) is 50.3 Å². The molecule has 20 nitrogen and oxygen atoms in total. The highest BCUT2D eigenvalue weighted by molar-refractivity contribution is 5.94. The quantitative estimate of drug-likeness (QED) is 0.0185. The van der Waals surface area contributed by atoms with Gasteiger partial charge in [0.25, 0.3) is 0 Å². The molecule has 0 bridgehead atoms. The third kappa shape index (κ3) is 16.6. The molecule has 1 unspecified atom stereocenters. The number of carbonyl (C=O) groups excluding carboxylic acids is 5. The Morgan fingerprint density at radius 2 is 1.04 bits per heavy atom. The average Bonchev–Trinajstić information content (AvgIpc) is 2.10. The van der Waals surface area contributed by atoms with Gasteiger partial charge in [-0.15, -0.1) is 0 Å². The van der Waals surface area contributed by atoms with Crippen LogP contribution in [0.3, 0.4) is 0 Å². The summed E-state index contributed by atoms with van der Waals surface area (Å²) in [6, 6.07) is 50.1. The lowest BCUT2D eigenvalue weighted by atomic mass is 9.78. The van der Waals surface area contributed by atoms with Gasteiger partial charge in [-0.1, -0.05) is 182 Å². The molecular weight excluding hydrogens is 1050 g/mol. The summed E-state index contributed by atoms with van der Waals surface area (Å²) >= 11 is 0. The highest BCUT2D eigenvalue weighted by Gasteiger charge is 2.69. The van der Waals surface area contributed by atoms with Gasteiger partial charge in [0.15, 0.2) is 29.9 Å². The number of aliphatic imine (C=N–C) groups is 1. The van der Waals surface area contributed by atoms with E-state index < -0.39 is 90.4 Å². The van der Waals surface area contributed by atoms with Gasteiger partial charge in [-0.05, 0) is 46.2 Å². The number of alkyl carbamates (subject to hydrolysis) is 2. The first-order chi connectivity index (χ1) is 40.0. The Kier molecular flexibility index (Phi) is 22.1. The molecule has 2 saturated heterocycles. The van der Waals surface area contributed by atoms with Crippen molar-refractivity contribution in [2.24, 2.45) is 10.7 Å². The van der Waals surface area contributed by atoms with E-state index in [1.165, 1.54) is 7.11 Å². The second kappa shape index (κ2) is 30.4. The van der Waals surface area contributed by atoms with Crippen molar-refractivity contribution in [3.63, 3.8) is 0 Å². The number of nitrogens with one attached hydrogen (secondary N) is 3. The largest absolute Gasteiger partial charge is 0.467 e. The van der Waals surface area contributed by atoms with Crippen molar-refractivity contribution in [2.45, 2.75) is 107 Å². The molecule has 6 aromatic rings. The Morgan fingerprint density at radius 1 is 0.573 bits per heavy atom. The maximum atomic E-state index is 15.2. The predicted octanol–water partition coefficient (Wildman–Crippen LogP) is 6.97. The Labute approximate surface area is 475 Å². The fraction of sp³-hybridized carbons (Fsp3) is 0.323. The van der Waals surface area contributed by atoms with Crippen molar-refractivity contribution < 1.29 is 71.3 Å². The second-order valence-corrected chi connectivity index (χ2v) is 19.2. The molecule has 2 heterocycles. The summed E-state index contributed by atoms with van der Waals surface area (Å²) in [4.78, 5) is 74.8. The van der Waals surface area contributed by atoms with Gasteiger partial charge in [-0.3, -0.25) is 10.1 Å². The molecule has 0 spiro atoms. The van der Waals surface area contributed by atoms with Crippen LogP contribution in [0.2, 0.25) is 0 Å².